The number of thiophene rings is 1. The van der Waals surface area contributed by atoms with Gasteiger partial charge in [-0.25, -0.2) is 0 Å². The van der Waals surface area contributed by atoms with Crippen molar-refractivity contribution in [2.24, 2.45) is 0 Å². The smallest absolute Gasteiger partial charge is 0.217 e. The van der Waals surface area contributed by atoms with Crippen LogP contribution in [0, 0.1) is 0 Å². The Morgan fingerprint density at radius 2 is 2.17 bits per heavy atom. The fraction of sp³-hybridized carbons (Fsp3) is 0.500. The third-order valence-corrected chi connectivity index (χ3v) is 1.98. The van der Waals surface area contributed by atoms with Gasteiger partial charge in [-0.1, -0.05) is 0 Å². The number of aliphatic hydroxyl groups is 1. The first-order chi connectivity index (χ1) is 5.88. The summed E-state index contributed by atoms with van der Waals surface area (Å²) >= 11 is 1.58. The molecule has 1 N–H and O–H groups in total. The molecule has 68 valence electrons. The van der Waals surface area contributed by atoms with E-state index in [1.807, 2.05) is 11.4 Å². The lowest BCUT2D eigenvalue weighted by molar-refractivity contribution is 0.178. The summed E-state index contributed by atoms with van der Waals surface area (Å²) < 4.78 is 10.5. The average molecular weight is 188 g/mol. The van der Waals surface area contributed by atoms with Crippen LogP contribution >= 0.6 is 11.3 Å². The lowest BCUT2D eigenvalue weighted by atomic mass is 10.5. The summed E-state index contributed by atoms with van der Waals surface area (Å²) in [6.07, 6.45) is 0. The number of hydrogen-bond acceptors (Lipinski definition) is 4. The van der Waals surface area contributed by atoms with Gasteiger partial charge in [0.15, 0.2) is 5.75 Å². The van der Waals surface area contributed by atoms with Crippen molar-refractivity contribution in [2.45, 2.75) is 6.92 Å². The zero-order chi connectivity index (χ0) is 8.81. The number of aliphatic hydroxyl groups excluding tert-OH is 1. The van der Waals surface area contributed by atoms with Crippen molar-refractivity contribution in [2.75, 3.05) is 19.8 Å². The quantitative estimate of drug-likeness (QED) is 0.671. The van der Waals surface area contributed by atoms with Crippen LogP contribution < -0.4 is 9.47 Å². The molecule has 0 amide bonds. The third-order valence-electron chi connectivity index (χ3n) is 1.17. The molecule has 1 aromatic heterocycles. The first-order valence-electron chi connectivity index (χ1n) is 3.82. The van der Waals surface area contributed by atoms with Gasteiger partial charge in [-0.15, -0.1) is 11.3 Å². The van der Waals surface area contributed by atoms with Gasteiger partial charge < -0.3 is 14.6 Å². The highest BCUT2D eigenvalue weighted by molar-refractivity contribution is 7.12. The Bertz CT molecular complexity index is 201. The third kappa shape index (κ3) is 2.39. The summed E-state index contributed by atoms with van der Waals surface area (Å²) in [7, 11) is 0. The van der Waals surface area contributed by atoms with Gasteiger partial charge in [-0.2, -0.15) is 0 Å². The van der Waals surface area contributed by atoms with Gasteiger partial charge in [0, 0.05) is 6.61 Å². The summed E-state index contributed by atoms with van der Waals surface area (Å²) in [5.41, 5.74) is 0. The minimum Gasteiger partial charge on any atom is -0.485 e. The van der Waals surface area contributed by atoms with Crippen LogP contribution in [0.25, 0.3) is 0 Å². The molecule has 2 heterocycles. The van der Waals surface area contributed by atoms with Crippen LogP contribution in [-0.2, 0) is 0 Å². The molecule has 0 aliphatic carbocycles. The molecular weight excluding hydrogens is 176 g/mol. The molecule has 1 aromatic rings. The molecule has 0 spiro atoms. The molecule has 0 fully saturated rings. The van der Waals surface area contributed by atoms with Crippen LogP contribution in [0.1, 0.15) is 6.92 Å². The van der Waals surface area contributed by atoms with E-state index in [1.165, 1.54) is 0 Å². The molecule has 3 nitrogen and oxygen atoms in total. The van der Waals surface area contributed by atoms with Gasteiger partial charge in [-0.3, -0.25) is 0 Å². The van der Waals surface area contributed by atoms with Crippen molar-refractivity contribution in [1.82, 2.24) is 0 Å². The highest BCUT2D eigenvalue weighted by atomic mass is 32.1. The highest BCUT2D eigenvalue weighted by Crippen LogP contribution is 2.35. The van der Waals surface area contributed by atoms with Crippen molar-refractivity contribution in [3.63, 3.8) is 0 Å². The zero-order valence-corrected chi connectivity index (χ0v) is 7.76. The van der Waals surface area contributed by atoms with Crippen molar-refractivity contribution in [1.29, 1.82) is 0 Å². The van der Waals surface area contributed by atoms with Crippen LogP contribution in [0.5, 0.6) is 10.8 Å². The molecule has 0 radical (unpaired) electrons. The Labute approximate surface area is 75.6 Å². The molecule has 1 aliphatic rings. The van der Waals surface area contributed by atoms with E-state index in [2.05, 4.69) is 0 Å². The number of rotatable bonds is 0. The van der Waals surface area contributed by atoms with E-state index in [4.69, 9.17) is 14.6 Å². The second-order valence-corrected chi connectivity index (χ2v) is 2.96. The van der Waals surface area contributed by atoms with Gasteiger partial charge in [0.1, 0.15) is 13.2 Å². The molecule has 12 heavy (non-hydrogen) atoms. The Balaban J connectivity index is 0.000000213. The normalized spacial score (nSPS) is 13.2. The van der Waals surface area contributed by atoms with Gasteiger partial charge in [-0.05, 0) is 18.4 Å². The molecule has 0 saturated heterocycles. The first kappa shape index (κ1) is 9.35. The van der Waals surface area contributed by atoms with Crippen LogP contribution in [-0.4, -0.2) is 24.9 Å². The maximum atomic E-state index is 7.57. The fourth-order valence-corrected chi connectivity index (χ4v) is 1.49. The summed E-state index contributed by atoms with van der Waals surface area (Å²) in [5.74, 6) is 0.895. The SMILES string of the molecule is CCO.c1cc2c(s1)OCCO2. The second-order valence-electron chi connectivity index (χ2n) is 2.09. The minimum absolute atomic E-state index is 0.250. The zero-order valence-electron chi connectivity index (χ0n) is 6.95. The van der Waals surface area contributed by atoms with Crippen LogP contribution in [0.3, 0.4) is 0 Å². The van der Waals surface area contributed by atoms with E-state index < -0.39 is 0 Å². The standard InChI is InChI=1S/C6H6O2S.C2H6O/c1-4-9-6-5(1)7-2-3-8-6;1-2-3/h1,4H,2-3H2;3H,2H2,1H3. The molecule has 0 bridgehead atoms. The molecule has 0 atom stereocenters. The number of fused-ring (bicyclic) bond motifs is 1. The summed E-state index contributed by atoms with van der Waals surface area (Å²) in [4.78, 5) is 0. The molecule has 1 aliphatic heterocycles. The van der Waals surface area contributed by atoms with E-state index in [0.29, 0.717) is 13.2 Å². The van der Waals surface area contributed by atoms with Crippen LogP contribution in [0.2, 0.25) is 0 Å². The summed E-state index contributed by atoms with van der Waals surface area (Å²) in [5, 5.41) is 10.5. The van der Waals surface area contributed by atoms with E-state index in [-0.39, 0.29) is 6.61 Å². The molecule has 0 unspecified atom stereocenters. The number of hydrogen-bond donors (Lipinski definition) is 1. The minimum atomic E-state index is 0.250. The maximum Gasteiger partial charge on any atom is 0.217 e. The lowest BCUT2D eigenvalue weighted by Gasteiger charge is -2.13. The highest BCUT2D eigenvalue weighted by Gasteiger charge is 2.10. The summed E-state index contributed by atoms with van der Waals surface area (Å²) in [6.45, 7) is 3.30. The molecular formula is C8H12O3S. The van der Waals surface area contributed by atoms with Crippen molar-refractivity contribution in [3.05, 3.63) is 11.4 Å². The maximum absolute atomic E-state index is 7.57. The van der Waals surface area contributed by atoms with E-state index in [1.54, 1.807) is 18.3 Å². The van der Waals surface area contributed by atoms with Gasteiger partial charge in [0.05, 0.1) is 0 Å². The molecule has 0 aromatic carbocycles. The van der Waals surface area contributed by atoms with Crippen LogP contribution in [0.4, 0.5) is 0 Å². The largest absolute Gasteiger partial charge is 0.485 e. The first-order valence-corrected chi connectivity index (χ1v) is 4.70. The van der Waals surface area contributed by atoms with Crippen molar-refractivity contribution in [3.8, 4) is 10.8 Å². The monoisotopic (exact) mass is 188 g/mol. The predicted octanol–water partition coefficient (Wildman–Crippen LogP) is 1.52. The Morgan fingerprint density at radius 1 is 1.50 bits per heavy atom. The van der Waals surface area contributed by atoms with Crippen LogP contribution in [0.15, 0.2) is 11.4 Å². The van der Waals surface area contributed by atoms with E-state index in [0.717, 1.165) is 10.8 Å². The topological polar surface area (TPSA) is 38.7 Å². The Kier molecular flexibility index (Phi) is 3.90. The van der Waals surface area contributed by atoms with Gasteiger partial charge in [0.2, 0.25) is 5.06 Å². The summed E-state index contributed by atoms with van der Waals surface area (Å²) in [6, 6.07) is 1.93. The molecule has 2 rings (SSSR count). The van der Waals surface area contributed by atoms with E-state index in [9.17, 15) is 0 Å². The van der Waals surface area contributed by atoms with E-state index >= 15 is 0 Å². The van der Waals surface area contributed by atoms with Gasteiger partial charge in [0.25, 0.3) is 0 Å². The lowest BCUT2D eigenvalue weighted by Crippen LogP contribution is -2.13. The second kappa shape index (κ2) is 5.00. The Morgan fingerprint density at radius 3 is 2.83 bits per heavy atom. The average Bonchev–Trinajstić information content (AvgIpc) is 2.52. The van der Waals surface area contributed by atoms with Gasteiger partial charge >= 0.3 is 0 Å². The number of ether oxygens (including phenoxy) is 2. The molecule has 0 saturated carbocycles. The predicted molar refractivity (Wildman–Crippen MR) is 48.1 cm³/mol. The fourth-order valence-electron chi connectivity index (χ4n) is 0.782. The Hall–Kier alpha value is -0.740. The van der Waals surface area contributed by atoms with Crippen molar-refractivity contribution < 1.29 is 14.6 Å². The molecule has 4 heteroatoms. The van der Waals surface area contributed by atoms with Crippen molar-refractivity contribution >= 4 is 11.3 Å².